The zero-order valence-electron chi connectivity index (χ0n) is 6.22. The summed E-state index contributed by atoms with van der Waals surface area (Å²) < 4.78 is 0. The van der Waals surface area contributed by atoms with Crippen LogP contribution in [0.15, 0.2) is 0 Å². The monoisotopic (exact) mass is 178 g/mol. The van der Waals surface area contributed by atoms with Gasteiger partial charge in [-0.2, -0.15) is 11.8 Å². The lowest BCUT2D eigenvalue weighted by atomic mass is 10.6. The molecule has 0 saturated heterocycles. The Morgan fingerprint density at radius 1 is 1.60 bits per heavy atom. The molecular formula is C6H14N2S2. The van der Waals surface area contributed by atoms with Gasteiger partial charge in [-0.1, -0.05) is 6.92 Å². The van der Waals surface area contributed by atoms with Crippen molar-refractivity contribution in [2.75, 3.05) is 18.1 Å². The maximum absolute atomic E-state index is 5.22. The Balaban J connectivity index is 2.84. The van der Waals surface area contributed by atoms with Gasteiger partial charge in [0.05, 0.1) is 0 Å². The minimum atomic E-state index is 0.400. The lowest BCUT2D eigenvalue weighted by Gasteiger charge is -2.01. The lowest BCUT2D eigenvalue weighted by Crippen LogP contribution is -2.30. The van der Waals surface area contributed by atoms with Crippen molar-refractivity contribution in [1.82, 2.24) is 5.32 Å². The third-order valence-corrected chi connectivity index (χ3v) is 2.23. The molecule has 0 amide bonds. The normalized spacial score (nSPS) is 9.30. The molecule has 0 atom stereocenters. The standard InChI is InChI=1S/C6H14N2S2/c1-2-4-10-5-3-8-6(7)9/h2-5H2,1H3,(H3,7,8,9). The van der Waals surface area contributed by atoms with Gasteiger partial charge in [0.2, 0.25) is 0 Å². The Labute approximate surface area is 71.9 Å². The Morgan fingerprint density at radius 3 is 2.80 bits per heavy atom. The van der Waals surface area contributed by atoms with Crippen molar-refractivity contribution >= 4 is 29.1 Å². The highest BCUT2D eigenvalue weighted by molar-refractivity contribution is 7.99. The van der Waals surface area contributed by atoms with E-state index < -0.39 is 0 Å². The molecule has 0 aromatic rings. The van der Waals surface area contributed by atoms with Gasteiger partial charge >= 0.3 is 0 Å². The molecule has 0 aliphatic rings. The number of rotatable bonds is 5. The van der Waals surface area contributed by atoms with Crippen LogP contribution < -0.4 is 11.1 Å². The summed E-state index contributed by atoms with van der Waals surface area (Å²) >= 11 is 6.55. The fraction of sp³-hybridized carbons (Fsp3) is 0.833. The predicted molar refractivity (Wildman–Crippen MR) is 52.4 cm³/mol. The van der Waals surface area contributed by atoms with Crippen LogP contribution in [0.25, 0.3) is 0 Å². The predicted octanol–water partition coefficient (Wildman–Crippen LogP) is 0.963. The van der Waals surface area contributed by atoms with E-state index in [1.807, 2.05) is 11.8 Å². The molecule has 0 fully saturated rings. The minimum Gasteiger partial charge on any atom is -0.376 e. The second kappa shape index (κ2) is 7.15. The molecule has 0 heterocycles. The largest absolute Gasteiger partial charge is 0.376 e. The van der Waals surface area contributed by atoms with Crippen LogP contribution in [0, 0.1) is 0 Å². The number of thioether (sulfide) groups is 1. The highest BCUT2D eigenvalue weighted by atomic mass is 32.2. The van der Waals surface area contributed by atoms with Crippen molar-refractivity contribution in [3.63, 3.8) is 0 Å². The first-order valence-corrected chi connectivity index (χ1v) is 4.94. The van der Waals surface area contributed by atoms with Crippen LogP contribution in [0.1, 0.15) is 13.3 Å². The van der Waals surface area contributed by atoms with Gasteiger partial charge in [0, 0.05) is 12.3 Å². The molecule has 0 spiro atoms. The molecule has 0 radical (unpaired) electrons. The highest BCUT2D eigenvalue weighted by Crippen LogP contribution is 1.99. The van der Waals surface area contributed by atoms with Crippen molar-refractivity contribution in [3.05, 3.63) is 0 Å². The van der Waals surface area contributed by atoms with Crippen LogP contribution in [0.5, 0.6) is 0 Å². The lowest BCUT2D eigenvalue weighted by molar-refractivity contribution is 0.980. The summed E-state index contributed by atoms with van der Waals surface area (Å²) in [6, 6.07) is 0. The molecule has 3 N–H and O–H groups in total. The maximum atomic E-state index is 5.22. The smallest absolute Gasteiger partial charge is 0.163 e. The van der Waals surface area contributed by atoms with Crippen LogP contribution in [-0.4, -0.2) is 23.2 Å². The van der Waals surface area contributed by atoms with E-state index in [0.29, 0.717) is 5.11 Å². The zero-order valence-corrected chi connectivity index (χ0v) is 7.86. The Bertz CT molecular complexity index is 95.7. The second-order valence-electron chi connectivity index (χ2n) is 1.90. The molecule has 4 heteroatoms. The number of nitrogens with one attached hydrogen (secondary N) is 1. The van der Waals surface area contributed by atoms with Gasteiger partial charge < -0.3 is 11.1 Å². The van der Waals surface area contributed by atoms with Gasteiger partial charge in [0.15, 0.2) is 5.11 Å². The first-order valence-electron chi connectivity index (χ1n) is 3.38. The zero-order chi connectivity index (χ0) is 7.82. The highest BCUT2D eigenvalue weighted by Gasteiger charge is 1.87. The molecule has 0 unspecified atom stereocenters. The topological polar surface area (TPSA) is 38.0 Å². The first kappa shape index (κ1) is 10.0. The summed E-state index contributed by atoms with van der Waals surface area (Å²) in [7, 11) is 0. The van der Waals surface area contributed by atoms with Crippen molar-refractivity contribution < 1.29 is 0 Å². The van der Waals surface area contributed by atoms with Gasteiger partial charge in [-0.25, -0.2) is 0 Å². The molecule has 0 aliphatic carbocycles. The van der Waals surface area contributed by atoms with E-state index >= 15 is 0 Å². The van der Waals surface area contributed by atoms with E-state index in [9.17, 15) is 0 Å². The van der Waals surface area contributed by atoms with E-state index in [4.69, 9.17) is 5.73 Å². The van der Waals surface area contributed by atoms with Crippen molar-refractivity contribution in [3.8, 4) is 0 Å². The SMILES string of the molecule is CCCSCCNC(N)=S. The van der Waals surface area contributed by atoms with Crippen molar-refractivity contribution in [2.24, 2.45) is 5.73 Å². The molecule has 0 saturated carbocycles. The average molecular weight is 178 g/mol. The van der Waals surface area contributed by atoms with Crippen LogP contribution in [0.3, 0.4) is 0 Å². The molecule has 0 aromatic carbocycles. The van der Waals surface area contributed by atoms with E-state index in [0.717, 1.165) is 12.3 Å². The van der Waals surface area contributed by atoms with E-state index in [-0.39, 0.29) is 0 Å². The first-order chi connectivity index (χ1) is 4.77. The van der Waals surface area contributed by atoms with Crippen molar-refractivity contribution in [1.29, 1.82) is 0 Å². The van der Waals surface area contributed by atoms with Gasteiger partial charge in [-0.05, 0) is 24.4 Å². The van der Waals surface area contributed by atoms with E-state index in [1.54, 1.807) is 0 Å². The summed E-state index contributed by atoms with van der Waals surface area (Å²) in [4.78, 5) is 0. The Hall–Kier alpha value is 0.0400. The molecular weight excluding hydrogens is 164 g/mol. The van der Waals surface area contributed by atoms with Crippen molar-refractivity contribution in [2.45, 2.75) is 13.3 Å². The molecule has 0 rings (SSSR count). The third-order valence-electron chi connectivity index (χ3n) is 0.894. The molecule has 10 heavy (non-hydrogen) atoms. The average Bonchev–Trinajstić information content (AvgIpc) is 1.87. The second-order valence-corrected chi connectivity index (χ2v) is 3.57. The molecule has 60 valence electrons. The summed E-state index contributed by atoms with van der Waals surface area (Å²) in [6.45, 7) is 3.06. The van der Waals surface area contributed by atoms with E-state index in [2.05, 4.69) is 24.5 Å². The fourth-order valence-corrected chi connectivity index (χ4v) is 1.33. The number of thiocarbonyl (C=S) groups is 1. The Morgan fingerprint density at radius 2 is 2.30 bits per heavy atom. The number of hydrogen-bond acceptors (Lipinski definition) is 2. The van der Waals surface area contributed by atoms with Gasteiger partial charge in [-0.15, -0.1) is 0 Å². The fourth-order valence-electron chi connectivity index (χ4n) is 0.493. The summed E-state index contributed by atoms with van der Waals surface area (Å²) in [6.07, 6.45) is 1.23. The van der Waals surface area contributed by atoms with Crippen LogP contribution in [-0.2, 0) is 0 Å². The van der Waals surface area contributed by atoms with Gasteiger partial charge in [0.25, 0.3) is 0 Å². The summed E-state index contributed by atoms with van der Waals surface area (Å²) in [5.74, 6) is 2.31. The number of hydrogen-bond donors (Lipinski definition) is 2. The summed E-state index contributed by atoms with van der Waals surface area (Å²) in [5, 5.41) is 3.29. The van der Waals surface area contributed by atoms with Crippen LogP contribution in [0.2, 0.25) is 0 Å². The molecule has 0 aliphatic heterocycles. The van der Waals surface area contributed by atoms with Gasteiger partial charge in [0.1, 0.15) is 0 Å². The molecule has 2 nitrogen and oxygen atoms in total. The molecule has 0 aromatic heterocycles. The quantitative estimate of drug-likeness (QED) is 0.486. The maximum Gasteiger partial charge on any atom is 0.163 e. The Kier molecular flexibility index (Phi) is 7.18. The van der Waals surface area contributed by atoms with E-state index in [1.165, 1.54) is 12.2 Å². The van der Waals surface area contributed by atoms with Gasteiger partial charge in [-0.3, -0.25) is 0 Å². The number of nitrogens with two attached hydrogens (primary N) is 1. The third kappa shape index (κ3) is 8.04. The van der Waals surface area contributed by atoms with Crippen LogP contribution in [0.4, 0.5) is 0 Å². The van der Waals surface area contributed by atoms with Crippen LogP contribution >= 0.6 is 24.0 Å². The minimum absolute atomic E-state index is 0.400. The summed E-state index contributed by atoms with van der Waals surface area (Å²) in [5.41, 5.74) is 5.22. The molecule has 0 bridgehead atoms.